The van der Waals surface area contributed by atoms with Gasteiger partial charge in [-0.05, 0) is 18.9 Å². The summed E-state index contributed by atoms with van der Waals surface area (Å²) in [6.45, 7) is 6.57. The number of piperidine rings is 1. The van der Waals surface area contributed by atoms with Crippen LogP contribution in [0.25, 0.3) is 0 Å². The molecule has 7 nitrogen and oxygen atoms in total. The number of rotatable bonds is 5. The second kappa shape index (κ2) is 9.28. The number of sulfonamides is 1. The zero-order valence-electron chi connectivity index (χ0n) is 12.3. The maximum absolute atomic E-state index is 11.6. The lowest BCUT2D eigenvalue weighted by Gasteiger charge is -2.28. The maximum atomic E-state index is 11.6. The number of hydrogen-bond acceptors (Lipinski definition) is 5. The zero-order valence-corrected chi connectivity index (χ0v) is 13.1. The summed E-state index contributed by atoms with van der Waals surface area (Å²) in [6, 6.07) is 0. The number of carbonyl (C=O) groups is 1. The molecule has 0 bridgehead atoms. The molecule has 8 heteroatoms. The van der Waals surface area contributed by atoms with Crippen molar-refractivity contribution in [3.05, 3.63) is 0 Å². The number of hydrogen-bond donors (Lipinski definition) is 4. The molecular formula is C12H26N2O5S. The number of aliphatic carboxylic acids is 1. The lowest BCUT2D eigenvalue weighted by atomic mass is 9.96. The lowest BCUT2D eigenvalue weighted by Crippen LogP contribution is -2.45. The van der Waals surface area contributed by atoms with E-state index in [0.29, 0.717) is 13.1 Å². The second-order valence-electron chi connectivity index (χ2n) is 5.36. The molecule has 1 fully saturated rings. The van der Waals surface area contributed by atoms with E-state index in [1.807, 2.05) is 13.8 Å². The third-order valence-electron chi connectivity index (χ3n) is 2.71. The fourth-order valence-electron chi connectivity index (χ4n) is 1.87. The van der Waals surface area contributed by atoms with Crippen LogP contribution in [-0.4, -0.2) is 56.1 Å². The Morgan fingerprint density at radius 2 is 2.00 bits per heavy atom. The summed E-state index contributed by atoms with van der Waals surface area (Å²) in [4.78, 5) is 9.00. The van der Waals surface area contributed by atoms with E-state index in [2.05, 4.69) is 10.0 Å². The van der Waals surface area contributed by atoms with Gasteiger partial charge in [-0.15, -0.1) is 0 Å². The summed E-state index contributed by atoms with van der Waals surface area (Å²) in [5.41, 5.74) is 0. The molecular weight excluding hydrogens is 284 g/mol. The van der Waals surface area contributed by atoms with Crippen molar-refractivity contribution in [1.82, 2.24) is 10.0 Å². The first-order chi connectivity index (χ1) is 9.14. The van der Waals surface area contributed by atoms with Crippen molar-refractivity contribution in [1.29, 1.82) is 0 Å². The van der Waals surface area contributed by atoms with Crippen molar-refractivity contribution in [3.8, 4) is 0 Å². The van der Waals surface area contributed by atoms with Crippen molar-refractivity contribution in [2.45, 2.75) is 33.3 Å². The van der Waals surface area contributed by atoms with Gasteiger partial charge in [0, 0.05) is 25.9 Å². The topological polar surface area (TPSA) is 116 Å². The van der Waals surface area contributed by atoms with Crippen molar-refractivity contribution >= 4 is 16.0 Å². The monoisotopic (exact) mass is 310 g/mol. The standard InChI is InChI=1S/C10H22N2O3S.C2H4O2/c1-8(2)7-16(14,15)12-5-9-3-4-11-6-10(9)13;1-2(3)4/h8-13H,3-7H2,1-2H3;1H3,(H,3,4)/t9-,10+;/m0./s1. The fourth-order valence-corrected chi connectivity index (χ4v) is 3.33. The molecule has 0 aromatic heterocycles. The van der Waals surface area contributed by atoms with Gasteiger partial charge in [0.25, 0.3) is 5.97 Å². The first kappa shape index (κ1) is 19.3. The zero-order chi connectivity index (χ0) is 15.8. The van der Waals surface area contributed by atoms with Crippen LogP contribution in [0, 0.1) is 11.8 Å². The minimum Gasteiger partial charge on any atom is -0.481 e. The molecule has 1 aliphatic heterocycles. The fraction of sp³-hybridized carbons (Fsp3) is 0.917. The van der Waals surface area contributed by atoms with Crippen LogP contribution in [0.3, 0.4) is 0 Å². The summed E-state index contributed by atoms with van der Waals surface area (Å²) in [5, 5.41) is 20.1. The summed E-state index contributed by atoms with van der Waals surface area (Å²) in [7, 11) is -3.19. The quantitative estimate of drug-likeness (QED) is 0.550. The van der Waals surface area contributed by atoms with E-state index in [1.54, 1.807) is 0 Å². The highest BCUT2D eigenvalue weighted by Crippen LogP contribution is 2.11. The number of aliphatic hydroxyl groups is 1. The molecule has 1 heterocycles. The van der Waals surface area contributed by atoms with Crippen molar-refractivity contribution in [2.24, 2.45) is 11.8 Å². The van der Waals surface area contributed by atoms with Crippen molar-refractivity contribution < 1.29 is 23.4 Å². The smallest absolute Gasteiger partial charge is 0.300 e. The maximum Gasteiger partial charge on any atom is 0.300 e. The van der Waals surface area contributed by atoms with E-state index >= 15 is 0 Å². The van der Waals surface area contributed by atoms with E-state index < -0.39 is 22.1 Å². The van der Waals surface area contributed by atoms with Crippen molar-refractivity contribution in [3.63, 3.8) is 0 Å². The van der Waals surface area contributed by atoms with Gasteiger partial charge >= 0.3 is 0 Å². The Balaban J connectivity index is 0.000000796. The number of carboxylic acid groups (broad SMARTS) is 1. The molecule has 0 radical (unpaired) electrons. The van der Waals surface area contributed by atoms with Crippen LogP contribution in [0.2, 0.25) is 0 Å². The molecule has 0 spiro atoms. The van der Waals surface area contributed by atoms with Gasteiger partial charge in [-0.3, -0.25) is 4.79 Å². The molecule has 0 aromatic carbocycles. The molecule has 0 amide bonds. The van der Waals surface area contributed by atoms with E-state index in [9.17, 15) is 13.5 Å². The highest BCUT2D eigenvalue weighted by atomic mass is 32.2. The van der Waals surface area contributed by atoms with Gasteiger partial charge < -0.3 is 15.5 Å². The van der Waals surface area contributed by atoms with Gasteiger partial charge in [-0.1, -0.05) is 13.8 Å². The number of nitrogens with one attached hydrogen (secondary N) is 2. The van der Waals surface area contributed by atoms with Crippen LogP contribution in [0.4, 0.5) is 0 Å². The minimum atomic E-state index is -3.19. The average Bonchev–Trinajstić information content (AvgIpc) is 2.25. The first-order valence-corrected chi connectivity index (χ1v) is 8.35. The molecule has 1 saturated heterocycles. The predicted octanol–water partition coefficient (Wildman–Crippen LogP) is -0.377. The molecule has 1 rings (SSSR count). The Kier molecular flexibility index (Phi) is 8.95. The number of aliphatic hydroxyl groups excluding tert-OH is 1. The van der Waals surface area contributed by atoms with Gasteiger partial charge in [0.2, 0.25) is 10.0 Å². The molecule has 1 aliphatic rings. The van der Waals surface area contributed by atoms with E-state index in [0.717, 1.165) is 19.9 Å². The molecule has 0 aliphatic carbocycles. The highest BCUT2D eigenvalue weighted by molar-refractivity contribution is 7.89. The SMILES string of the molecule is CC(=O)O.CC(C)CS(=O)(=O)NC[C@@H]1CCNC[C@H]1O. The third kappa shape index (κ3) is 10.1. The summed E-state index contributed by atoms with van der Waals surface area (Å²) in [5.74, 6) is -0.535. The van der Waals surface area contributed by atoms with Gasteiger partial charge in [-0.2, -0.15) is 0 Å². The van der Waals surface area contributed by atoms with Crippen LogP contribution in [0.15, 0.2) is 0 Å². The van der Waals surface area contributed by atoms with Gasteiger partial charge in [-0.25, -0.2) is 13.1 Å². The van der Waals surface area contributed by atoms with Gasteiger partial charge in [0.15, 0.2) is 0 Å². The summed E-state index contributed by atoms with van der Waals surface area (Å²) in [6.07, 6.45) is 0.362. The van der Waals surface area contributed by atoms with Crippen LogP contribution in [-0.2, 0) is 14.8 Å². The second-order valence-corrected chi connectivity index (χ2v) is 7.21. The Morgan fingerprint density at radius 1 is 1.45 bits per heavy atom. The molecule has 120 valence electrons. The Morgan fingerprint density at radius 3 is 2.45 bits per heavy atom. The Labute approximate surface area is 120 Å². The van der Waals surface area contributed by atoms with Crippen LogP contribution in [0.1, 0.15) is 27.2 Å². The average molecular weight is 310 g/mol. The van der Waals surface area contributed by atoms with Gasteiger partial charge in [0.1, 0.15) is 0 Å². The third-order valence-corrected chi connectivity index (χ3v) is 4.42. The Hall–Kier alpha value is -0.700. The molecule has 4 N–H and O–H groups in total. The normalized spacial score (nSPS) is 23.1. The van der Waals surface area contributed by atoms with Gasteiger partial charge in [0.05, 0.1) is 11.9 Å². The van der Waals surface area contributed by atoms with Crippen LogP contribution < -0.4 is 10.0 Å². The molecule has 0 saturated carbocycles. The molecule has 20 heavy (non-hydrogen) atoms. The number of carboxylic acids is 1. The first-order valence-electron chi connectivity index (χ1n) is 6.69. The molecule has 2 atom stereocenters. The predicted molar refractivity (Wildman–Crippen MR) is 76.9 cm³/mol. The summed E-state index contributed by atoms with van der Waals surface area (Å²) < 4.78 is 25.7. The highest BCUT2D eigenvalue weighted by Gasteiger charge is 2.24. The van der Waals surface area contributed by atoms with Crippen molar-refractivity contribution in [2.75, 3.05) is 25.4 Å². The lowest BCUT2D eigenvalue weighted by molar-refractivity contribution is -0.134. The van der Waals surface area contributed by atoms with Crippen LogP contribution >= 0.6 is 0 Å². The minimum absolute atomic E-state index is 0.0307. The van der Waals surface area contributed by atoms with E-state index in [1.165, 1.54) is 0 Å². The number of β-amino-alcohol motifs (C(OH)–C–C–N with tert-alkyl or cyclic N) is 1. The summed E-state index contributed by atoms with van der Waals surface area (Å²) >= 11 is 0. The molecule has 0 aromatic rings. The van der Waals surface area contributed by atoms with E-state index in [-0.39, 0.29) is 17.6 Å². The van der Waals surface area contributed by atoms with Crippen LogP contribution in [0.5, 0.6) is 0 Å². The Bertz CT molecular complexity index is 379. The van der Waals surface area contributed by atoms with E-state index in [4.69, 9.17) is 9.90 Å². The molecule has 0 unspecified atom stereocenters. The largest absolute Gasteiger partial charge is 0.481 e.